The summed E-state index contributed by atoms with van der Waals surface area (Å²) in [7, 11) is 4.00. The van der Waals surface area contributed by atoms with Gasteiger partial charge in [0.15, 0.2) is 0 Å². The van der Waals surface area contributed by atoms with Crippen LogP contribution in [0.25, 0.3) is 0 Å². The van der Waals surface area contributed by atoms with Gasteiger partial charge in [0.25, 0.3) is 0 Å². The number of guanidine groups is 1. The molecule has 0 aromatic carbocycles. The van der Waals surface area contributed by atoms with E-state index >= 15 is 0 Å². The van der Waals surface area contributed by atoms with Crippen LogP contribution in [0.15, 0.2) is 0 Å². The monoisotopic (exact) mass is 170 g/mol. The number of likely N-dealkylation sites (tertiary alicyclic amines) is 1. The van der Waals surface area contributed by atoms with Crippen LogP contribution in [0.1, 0.15) is 25.7 Å². The fraction of sp³-hybridized carbons (Fsp3) is 0.889. The smallest absolute Gasteiger partial charge is 0.291 e. The molecule has 3 nitrogen and oxygen atoms in total. The van der Waals surface area contributed by atoms with Crippen LogP contribution < -0.4 is 5.73 Å². The van der Waals surface area contributed by atoms with Crippen molar-refractivity contribution in [3.8, 4) is 0 Å². The molecule has 0 radical (unpaired) electrons. The molecule has 70 valence electrons. The van der Waals surface area contributed by atoms with Crippen molar-refractivity contribution < 1.29 is 4.58 Å². The molecule has 1 aliphatic heterocycles. The van der Waals surface area contributed by atoms with Crippen LogP contribution in [0.2, 0.25) is 0 Å². The molecule has 1 saturated heterocycles. The van der Waals surface area contributed by atoms with Gasteiger partial charge >= 0.3 is 5.96 Å². The van der Waals surface area contributed by atoms with E-state index in [9.17, 15) is 0 Å². The molecule has 0 spiro atoms. The molecule has 0 bridgehead atoms. The number of rotatable bonds is 0. The summed E-state index contributed by atoms with van der Waals surface area (Å²) in [5.41, 5.74) is 5.93. The summed E-state index contributed by atoms with van der Waals surface area (Å²) in [4.78, 5) is 2.28. The quantitative estimate of drug-likeness (QED) is 0.325. The van der Waals surface area contributed by atoms with E-state index in [-0.39, 0.29) is 0 Å². The maximum Gasteiger partial charge on any atom is 0.345 e. The van der Waals surface area contributed by atoms with Crippen molar-refractivity contribution in [3.63, 3.8) is 0 Å². The number of hydrogen-bond donors (Lipinski definition) is 1. The second-order valence-corrected chi connectivity index (χ2v) is 3.65. The van der Waals surface area contributed by atoms with E-state index in [0.29, 0.717) is 0 Å². The fourth-order valence-electron chi connectivity index (χ4n) is 1.58. The zero-order chi connectivity index (χ0) is 8.97. The predicted molar refractivity (Wildman–Crippen MR) is 51.3 cm³/mol. The van der Waals surface area contributed by atoms with Gasteiger partial charge in [-0.05, 0) is 12.8 Å². The summed E-state index contributed by atoms with van der Waals surface area (Å²) in [5, 5.41) is 0. The average Bonchev–Trinajstić information content (AvgIpc) is 2.30. The molecular weight excluding hydrogens is 150 g/mol. The molecule has 0 aromatic rings. The normalized spacial score (nSPS) is 18.7. The van der Waals surface area contributed by atoms with Gasteiger partial charge in [-0.25, -0.2) is 0 Å². The molecule has 0 saturated carbocycles. The summed E-state index contributed by atoms with van der Waals surface area (Å²) >= 11 is 0. The van der Waals surface area contributed by atoms with E-state index in [4.69, 9.17) is 5.73 Å². The van der Waals surface area contributed by atoms with Crippen molar-refractivity contribution in [3.05, 3.63) is 0 Å². The Morgan fingerprint density at radius 3 is 2.00 bits per heavy atom. The summed E-state index contributed by atoms with van der Waals surface area (Å²) in [6, 6.07) is 0. The van der Waals surface area contributed by atoms with Gasteiger partial charge in [0.1, 0.15) is 0 Å². The molecule has 2 N–H and O–H groups in total. The highest BCUT2D eigenvalue weighted by Crippen LogP contribution is 2.08. The van der Waals surface area contributed by atoms with Crippen LogP contribution in [0, 0.1) is 0 Å². The second kappa shape index (κ2) is 4.33. The minimum absolute atomic E-state index is 0.914. The number of nitrogens with two attached hydrogens (primary N) is 1. The maximum absolute atomic E-state index is 5.93. The fourth-order valence-corrected chi connectivity index (χ4v) is 1.58. The van der Waals surface area contributed by atoms with Crippen molar-refractivity contribution in [1.82, 2.24) is 4.90 Å². The Balaban J connectivity index is 2.54. The molecule has 3 heteroatoms. The van der Waals surface area contributed by atoms with E-state index in [1.165, 1.54) is 25.7 Å². The lowest BCUT2D eigenvalue weighted by Gasteiger charge is -2.15. The molecule has 1 heterocycles. The van der Waals surface area contributed by atoms with E-state index in [2.05, 4.69) is 4.90 Å². The third kappa shape index (κ3) is 2.40. The van der Waals surface area contributed by atoms with Crippen molar-refractivity contribution >= 4 is 5.96 Å². The standard InChI is InChI=1S/C9H19N3/c1-11(2)9(10)12-7-5-3-4-6-8-12/h10H,3-8H2,1-2H3/p+1. The largest absolute Gasteiger partial charge is 0.345 e. The third-order valence-electron chi connectivity index (χ3n) is 2.39. The second-order valence-electron chi connectivity index (χ2n) is 3.65. The first-order valence-electron chi connectivity index (χ1n) is 4.76. The van der Waals surface area contributed by atoms with Crippen LogP contribution in [-0.2, 0) is 0 Å². The van der Waals surface area contributed by atoms with Crippen molar-refractivity contribution in [1.29, 1.82) is 0 Å². The van der Waals surface area contributed by atoms with E-state index in [1.54, 1.807) is 0 Å². The minimum atomic E-state index is 0.914. The molecule has 12 heavy (non-hydrogen) atoms. The highest BCUT2D eigenvalue weighted by Gasteiger charge is 2.16. The molecule has 1 rings (SSSR count). The molecule has 1 fully saturated rings. The van der Waals surface area contributed by atoms with Gasteiger partial charge in [0.2, 0.25) is 0 Å². The number of hydrogen-bond acceptors (Lipinski definition) is 0. The molecule has 0 amide bonds. The zero-order valence-corrected chi connectivity index (χ0v) is 8.21. The van der Waals surface area contributed by atoms with Crippen LogP contribution in [0.5, 0.6) is 0 Å². The Hall–Kier alpha value is -0.730. The first kappa shape index (κ1) is 9.36. The molecule has 0 unspecified atom stereocenters. The van der Waals surface area contributed by atoms with E-state index in [0.717, 1.165) is 19.0 Å². The van der Waals surface area contributed by atoms with Gasteiger partial charge in [-0.15, -0.1) is 0 Å². The lowest BCUT2D eigenvalue weighted by molar-refractivity contribution is -0.471. The van der Waals surface area contributed by atoms with Crippen LogP contribution in [-0.4, -0.2) is 42.6 Å². The van der Waals surface area contributed by atoms with E-state index in [1.807, 2.05) is 18.7 Å². The summed E-state index contributed by atoms with van der Waals surface area (Å²) in [6.45, 7) is 2.26. The topological polar surface area (TPSA) is 32.3 Å². The third-order valence-corrected chi connectivity index (χ3v) is 2.39. The van der Waals surface area contributed by atoms with Crippen LogP contribution >= 0.6 is 0 Å². The van der Waals surface area contributed by atoms with Gasteiger partial charge in [0.05, 0.1) is 27.2 Å². The highest BCUT2D eigenvalue weighted by atomic mass is 15.3. The first-order chi connectivity index (χ1) is 5.72. The zero-order valence-electron chi connectivity index (χ0n) is 8.21. The Kier molecular flexibility index (Phi) is 3.38. The summed E-state index contributed by atoms with van der Waals surface area (Å²) < 4.78 is 1.99. The van der Waals surface area contributed by atoms with Gasteiger partial charge in [-0.2, -0.15) is 0 Å². The van der Waals surface area contributed by atoms with Gasteiger partial charge < -0.3 is 0 Å². The minimum Gasteiger partial charge on any atom is -0.291 e. The summed E-state index contributed by atoms with van der Waals surface area (Å²) in [6.07, 6.45) is 5.29. The SMILES string of the molecule is C[N+](C)=C(N)N1CCCCCC1. The lowest BCUT2D eigenvalue weighted by Crippen LogP contribution is -2.42. The maximum atomic E-state index is 5.93. The Morgan fingerprint density at radius 2 is 1.58 bits per heavy atom. The highest BCUT2D eigenvalue weighted by molar-refractivity contribution is 5.72. The Morgan fingerprint density at radius 1 is 1.08 bits per heavy atom. The van der Waals surface area contributed by atoms with Gasteiger partial charge in [-0.1, -0.05) is 12.8 Å². The Labute approximate surface area is 74.9 Å². The molecule has 0 atom stereocenters. The van der Waals surface area contributed by atoms with Crippen LogP contribution in [0.4, 0.5) is 0 Å². The van der Waals surface area contributed by atoms with E-state index < -0.39 is 0 Å². The average molecular weight is 170 g/mol. The van der Waals surface area contributed by atoms with Gasteiger partial charge in [-0.3, -0.25) is 15.2 Å². The Bertz CT molecular complexity index is 163. The van der Waals surface area contributed by atoms with Crippen molar-refractivity contribution in [2.24, 2.45) is 5.73 Å². The molecular formula is C9H20N3+. The summed E-state index contributed by atoms with van der Waals surface area (Å²) in [5.74, 6) is 0.914. The molecule has 1 aliphatic rings. The van der Waals surface area contributed by atoms with Crippen LogP contribution in [0.3, 0.4) is 0 Å². The van der Waals surface area contributed by atoms with Gasteiger partial charge in [0, 0.05) is 0 Å². The lowest BCUT2D eigenvalue weighted by atomic mass is 10.2. The molecule has 0 aliphatic carbocycles. The predicted octanol–water partition coefficient (Wildman–Crippen LogP) is 0.449. The number of nitrogens with zero attached hydrogens (tertiary/aromatic N) is 2. The molecule has 0 aromatic heterocycles. The van der Waals surface area contributed by atoms with Crippen molar-refractivity contribution in [2.45, 2.75) is 25.7 Å². The van der Waals surface area contributed by atoms with Crippen molar-refractivity contribution in [2.75, 3.05) is 27.2 Å². The first-order valence-corrected chi connectivity index (χ1v) is 4.76.